The van der Waals surface area contributed by atoms with E-state index in [1.807, 2.05) is 6.92 Å². The molecule has 5 heteroatoms. The van der Waals surface area contributed by atoms with Crippen LogP contribution in [0.5, 0.6) is 0 Å². The lowest BCUT2D eigenvalue weighted by molar-refractivity contribution is 0.00348. The highest BCUT2D eigenvalue weighted by Gasteiger charge is 2.66. The number of aliphatic hydroxyl groups is 1. The zero-order valence-corrected chi connectivity index (χ0v) is 14.4. The third-order valence-corrected chi connectivity index (χ3v) is 7.90. The van der Waals surface area contributed by atoms with Crippen molar-refractivity contribution in [2.24, 2.45) is 16.7 Å². The lowest BCUT2D eigenvalue weighted by Crippen LogP contribution is -2.49. The van der Waals surface area contributed by atoms with Crippen molar-refractivity contribution < 1.29 is 13.5 Å². The van der Waals surface area contributed by atoms with Crippen LogP contribution in [0.3, 0.4) is 0 Å². The summed E-state index contributed by atoms with van der Waals surface area (Å²) in [6.07, 6.45) is 1.28. The van der Waals surface area contributed by atoms with Gasteiger partial charge in [0.15, 0.2) is 0 Å². The molecule has 0 amide bonds. The van der Waals surface area contributed by atoms with E-state index in [9.17, 15) is 13.5 Å². The molecule has 2 saturated carbocycles. The number of benzene rings is 1. The Bertz CT molecular complexity index is 680. The molecule has 2 N–H and O–H groups in total. The zero-order valence-electron chi connectivity index (χ0n) is 13.6. The van der Waals surface area contributed by atoms with Crippen LogP contribution in [0.25, 0.3) is 0 Å². The highest BCUT2D eigenvalue weighted by molar-refractivity contribution is 7.89. The molecule has 0 radical (unpaired) electrons. The molecule has 4 nitrogen and oxygen atoms in total. The summed E-state index contributed by atoms with van der Waals surface area (Å²) in [7, 11) is -3.60. The highest BCUT2D eigenvalue weighted by Crippen LogP contribution is 2.65. The van der Waals surface area contributed by atoms with Gasteiger partial charge in [-0.05, 0) is 43.2 Å². The Hall–Kier alpha value is -0.910. The van der Waals surface area contributed by atoms with Crippen molar-refractivity contribution in [1.29, 1.82) is 0 Å². The van der Waals surface area contributed by atoms with Gasteiger partial charge >= 0.3 is 0 Å². The van der Waals surface area contributed by atoms with Crippen LogP contribution in [0.2, 0.25) is 0 Å². The van der Waals surface area contributed by atoms with Gasteiger partial charge < -0.3 is 5.11 Å². The van der Waals surface area contributed by atoms with Crippen LogP contribution in [0.15, 0.2) is 29.2 Å². The lowest BCUT2D eigenvalue weighted by Gasteiger charge is -2.37. The summed E-state index contributed by atoms with van der Waals surface area (Å²) >= 11 is 0. The molecule has 1 aromatic rings. The lowest BCUT2D eigenvalue weighted by atomic mass is 9.70. The quantitative estimate of drug-likeness (QED) is 0.898. The van der Waals surface area contributed by atoms with Crippen LogP contribution in [-0.2, 0) is 10.0 Å². The number of hydrogen-bond acceptors (Lipinski definition) is 3. The minimum atomic E-state index is -3.60. The van der Waals surface area contributed by atoms with Gasteiger partial charge in [-0.15, -0.1) is 0 Å². The Morgan fingerprint density at radius 2 is 1.77 bits per heavy atom. The summed E-state index contributed by atoms with van der Waals surface area (Å²) in [4.78, 5) is 0.260. The van der Waals surface area contributed by atoms with E-state index < -0.39 is 22.2 Å². The van der Waals surface area contributed by atoms with Crippen LogP contribution < -0.4 is 4.72 Å². The second kappa shape index (κ2) is 4.79. The molecule has 4 atom stereocenters. The summed E-state index contributed by atoms with van der Waals surface area (Å²) < 4.78 is 28.0. The molecule has 2 fully saturated rings. The number of sulfonamides is 1. The van der Waals surface area contributed by atoms with E-state index in [1.54, 1.807) is 24.3 Å². The molecule has 0 saturated heterocycles. The zero-order chi connectivity index (χ0) is 16.3. The van der Waals surface area contributed by atoms with Gasteiger partial charge in [-0.25, -0.2) is 13.1 Å². The molecule has 122 valence electrons. The molecule has 2 aliphatic carbocycles. The predicted molar refractivity (Wildman–Crippen MR) is 85.9 cm³/mol. The Kier molecular flexibility index (Phi) is 3.48. The fourth-order valence-corrected chi connectivity index (χ4v) is 5.73. The molecule has 2 aliphatic rings. The largest absolute Gasteiger partial charge is 0.391 e. The monoisotopic (exact) mass is 323 g/mol. The maximum Gasteiger partial charge on any atom is 0.240 e. The Balaban J connectivity index is 1.89. The van der Waals surface area contributed by atoms with Gasteiger partial charge in [-0.1, -0.05) is 38.5 Å². The van der Waals surface area contributed by atoms with Crippen molar-refractivity contribution in [1.82, 2.24) is 4.72 Å². The summed E-state index contributed by atoms with van der Waals surface area (Å²) in [6, 6.07) is 6.41. The highest BCUT2D eigenvalue weighted by atomic mass is 32.2. The predicted octanol–water partition coefficient (Wildman–Crippen LogP) is 2.46. The van der Waals surface area contributed by atoms with Crippen molar-refractivity contribution in [3.8, 4) is 0 Å². The van der Waals surface area contributed by atoms with Crippen molar-refractivity contribution in [3.63, 3.8) is 0 Å². The van der Waals surface area contributed by atoms with Gasteiger partial charge in [-0.2, -0.15) is 0 Å². The molecular weight excluding hydrogens is 298 g/mol. The van der Waals surface area contributed by atoms with Gasteiger partial charge in [-0.3, -0.25) is 0 Å². The minimum absolute atomic E-state index is 0.0626. The van der Waals surface area contributed by atoms with Gasteiger partial charge in [0.2, 0.25) is 10.0 Å². The molecule has 0 spiro atoms. The average Bonchev–Trinajstić information content (AvgIpc) is 2.73. The van der Waals surface area contributed by atoms with Crippen LogP contribution >= 0.6 is 0 Å². The van der Waals surface area contributed by atoms with Gasteiger partial charge in [0, 0.05) is 5.41 Å². The van der Waals surface area contributed by atoms with Crippen molar-refractivity contribution in [2.45, 2.75) is 57.6 Å². The Morgan fingerprint density at radius 3 is 2.27 bits per heavy atom. The van der Waals surface area contributed by atoms with Crippen molar-refractivity contribution in [3.05, 3.63) is 29.8 Å². The topological polar surface area (TPSA) is 66.4 Å². The fraction of sp³-hybridized carbons (Fsp3) is 0.647. The van der Waals surface area contributed by atoms with Crippen molar-refractivity contribution >= 4 is 10.0 Å². The third kappa shape index (κ3) is 2.06. The Labute approximate surface area is 133 Å². The molecule has 1 aromatic carbocycles. The molecule has 3 rings (SSSR count). The molecule has 22 heavy (non-hydrogen) atoms. The van der Waals surface area contributed by atoms with Crippen LogP contribution in [0.1, 0.15) is 39.2 Å². The Morgan fingerprint density at radius 1 is 1.18 bits per heavy atom. The number of aliphatic hydroxyl groups excluding tert-OH is 1. The second-order valence-electron chi connectivity index (χ2n) is 7.69. The first-order valence-corrected chi connectivity index (χ1v) is 9.35. The molecule has 1 unspecified atom stereocenters. The summed E-state index contributed by atoms with van der Waals surface area (Å²) in [6.45, 7) is 8.30. The van der Waals surface area contributed by atoms with Gasteiger partial charge in [0.1, 0.15) is 0 Å². The average molecular weight is 323 g/mol. The maximum atomic E-state index is 12.6. The van der Waals surface area contributed by atoms with Crippen molar-refractivity contribution in [2.75, 3.05) is 0 Å². The minimum Gasteiger partial charge on any atom is -0.391 e. The maximum absolute atomic E-state index is 12.6. The number of fused-ring (bicyclic) bond motifs is 2. The molecule has 2 bridgehead atoms. The fourth-order valence-electron chi connectivity index (χ4n) is 4.45. The number of aryl methyl sites for hydroxylation is 1. The summed E-state index contributed by atoms with van der Waals surface area (Å²) in [5, 5.41) is 10.7. The van der Waals surface area contributed by atoms with E-state index in [-0.39, 0.29) is 21.6 Å². The summed E-state index contributed by atoms with van der Waals surface area (Å²) in [5.41, 5.74) is 0.734. The summed E-state index contributed by atoms with van der Waals surface area (Å²) in [5.74, 6) is 0.174. The number of rotatable bonds is 3. The van der Waals surface area contributed by atoms with E-state index in [0.29, 0.717) is 0 Å². The first kappa shape index (κ1) is 16.0. The van der Waals surface area contributed by atoms with Gasteiger partial charge in [0.25, 0.3) is 0 Å². The molecule has 0 aromatic heterocycles. The van der Waals surface area contributed by atoms with Crippen LogP contribution in [-0.4, -0.2) is 25.7 Å². The number of nitrogens with one attached hydrogen (secondary N) is 1. The van der Waals surface area contributed by atoms with E-state index in [0.717, 1.165) is 18.4 Å². The number of hydrogen-bond donors (Lipinski definition) is 2. The first-order valence-electron chi connectivity index (χ1n) is 7.87. The smallest absolute Gasteiger partial charge is 0.240 e. The van der Waals surface area contributed by atoms with Crippen LogP contribution in [0, 0.1) is 23.7 Å². The van der Waals surface area contributed by atoms with E-state index in [4.69, 9.17) is 0 Å². The molecular formula is C17H25NO3S. The van der Waals surface area contributed by atoms with E-state index in [2.05, 4.69) is 25.5 Å². The van der Waals surface area contributed by atoms with Gasteiger partial charge in [0.05, 0.1) is 17.0 Å². The van der Waals surface area contributed by atoms with E-state index >= 15 is 0 Å². The normalized spacial score (nSPS) is 36.7. The second-order valence-corrected chi connectivity index (χ2v) is 9.40. The third-order valence-electron chi connectivity index (χ3n) is 6.42. The standard InChI is InChI=1S/C17H25NO3S/c1-11-5-7-12(8-6-11)22(20,21)18-14-13-9-10-17(4,15(14)19)16(13,2)3/h5-8,13-15,18-19H,9-10H2,1-4H3/t13?,14-,15-,17+/m1/s1. The van der Waals surface area contributed by atoms with Crippen LogP contribution in [0.4, 0.5) is 0 Å². The molecule has 0 heterocycles. The first-order chi connectivity index (χ1) is 10.1. The molecule has 0 aliphatic heterocycles. The van der Waals surface area contributed by atoms with E-state index in [1.165, 1.54) is 0 Å². The SMILES string of the molecule is Cc1ccc(S(=O)(=O)N[C@@H]2C3CC[C@@](C)([C@@H]2O)C3(C)C)cc1.